The van der Waals surface area contributed by atoms with Crippen molar-refractivity contribution in [2.45, 2.75) is 46.4 Å². The molecule has 1 heterocycles. The minimum absolute atomic E-state index is 0.223. The molecule has 3 aromatic rings. The van der Waals surface area contributed by atoms with Crippen molar-refractivity contribution in [3.8, 4) is 0 Å². The van der Waals surface area contributed by atoms with Gasteiger partial charge >= 0.3 is 0 Å². The van der Waals surface area contributed by atoms with Crippen LogP contribution in [0.3, 0.4) is 0 Å². The van der Waals surface area contributed by atoms with E-state index in [2.05, 4.69) is 39.1 Å². The first-order valence-corrected chi connectivity index (χ1v) is 9.89. The topological polar surface area (TPSA) is 49.3 Å². The molecule has 0 spiro atoms. The van der Waals surface area contributed by atoms with Crippen molar-refractivity contribution in [2.24, 2.45) is 0 Å². The van der Waals surface area contributed by atoms with Gasteiger partial charge < -0.3 is 10.0 Å². The molecule has 0 aliphatic carbocycles. The summed E-state index contributed by atoms with van der Waals surface area (Å²) in [5.74, 6) is 0.677. The molecule has 4 nitrogen and oxygen atoms in total. The molecule has 1 N–H and O–H groups in total. The molecule has 0 fully saturated rings. The average molecular weight is 398 g/mol. The van der Waals surface area contributed by atoms with Gasteiger partial charge in [-0.3, -0.25) is 4.98 Å². The van der Waals surface area contributed by atoms with E-state index in [1.807, 2.05) is 50.2 Å². The van der Waals surface area contributed by atoms with Crippen LogP contribution in [0.15, 0.2) is 66.9 Å². The van der Waals surface area contributed by atoms with Crippen molar-refractivity contribution in [3.05, 3.63) is 88.8 Å². The monoisotopic (exact) mass is 397 g/mol. The lowest BCUT2D eigenvalue weighted by atomic mass is 10.1. The minimum Gasteiger partial charge on any atom is -0.384 e. The van der Waals surface area contributed by atoms with Gasteiger partial charge in [0.05, 0.1) is 6.20 Å². The summed E-state index contributed by atoms with van der Waals surface area (Å²) >= 11 is 6.30. The van der Waals surface area contributed by atoms with Gasteiger partial charge in [-0.1, -0.05) is 86.1 Å². The quantitative estimate of drug-likeness (QED) is 0.589. The zero-order chi connectivity index (χ0) is 20.6. The maximum Gasteiger partial charge on any atom is 0.155 e. The van der Waals surface area contributed by atoms with Gasteiger partial charge in [0.2, 0.25) is 0 Å². The van der Waals surface area contributed by atoms with Gasteiger partial charge in [0.1, 0.15) is 17.1 Å². The Morgan fingerprint density at radius 2 is 1.36 bits per heavy atom. The summed E-state index contributed by atoms with van der Waals surface area (Å²) in [6.45, 7) is 8.66. The van der Waals surface area contributed by atoms with Gasteiger partial charge in [0.25, 0.3) is 0 Å². The van der Waals surface area contributed by atoms with E-state index < -0.39 is 5.60 Å². The number of nitrogens with zero attached hydrogens (tertiary/aromatic N) is 3. The number of hydrogen-bond donors (Lipinski definition) is 1. The van der Waals surface area contributed by atoms with Crippen LogP contribution in [-0.4, -0.2) is 15.1 Å². The SMILES string of the molecule is CC.CC(C)(O)c1ncc(N(Cc2ccccc2)Cc2ccccc2)nc1Cl. The van der Waals surface area contributed by atoms with Crippen molar-refractivity contribution in [1.29, 1.82) is 0 Å². The number of benzene rings is 2. The van der Waals surface area contributed by atoms with Crippen LogP contribution < -0.4 is 4.90 Å². The Hall–Kier alpha value is -2.43. The summed E-state index contributed by atoms with van der Waals surface area (Å²) in [6, 6.07) is 20.4. The van der Waals surface area contributed by atoms with Crippen molar-refractivity contribution >= 4 is 17.4 Å². The van der Waals surface area contributed by atoms with Crippen molar-refractivity contribution in [1.82, 2.24) is 9.97 Å². The first kappa shape index (κ1) is 21.9. The number of hydrogen-bond acceptors (Lipinski definition) is 4. The van der Waals surface area contributed by atoms with E-state index in [-0.39, 0.29) is 5.15 Å². The molecular formula is C23H28ClN3O. The number of aromatic nitrogens is 2. The molecule has 0 bridgehead atoms. The summed E-state index contributed by atoms with van der Waals surface area (Å²) in [6.07, 6.45) is 1.67. The third-order valence-electron chi connectivity index (χ3n) is 4.05. The van der Waals surface area contributed by atoms with E-state index >= 15 is 0 Å². The minimum atomic E-state index is -1.13. The maximum absolute atomic E-state index is 10.2. The summed E-state index contributed by atoms with van der Waals surface area (Å²) in [5.41, 5.74) is 1.59. The Kier molecular flexibility index (Phi) is 7.97. The Morgan fingerprint density at radius 3 is 1.75 bits per heavy atom. The van der Waals surface area contributed by atoms with Crippen LogP contribution in [0.4, 0.5) is 5.82 Å². The molecule has 0 aliphatic rings. The summed E-state index contributed by atoms with van der Waals surface area (Å²) in [4.78, 5) is 11.0. The molecule has 0 aliphatic heterocycles. The Balaban J connectivity index is 0.00000136. The van der Waals surface area contributed by atoms with E-state index in [1.54, 1.807) is 20.0 Å². The second-order valence-corrected chi connectivity index (χ2v) is 7.11. The lowest BCUT2D eigenvalue weighted by molar-refractivity contribution is 0.0736. The summed E-state index contributed by atoms with van der Waals surface area (Å²) < 4.78 is 0. The highest BCUT2D eigenvalue weighted by molar-refractivity contribution is 6.30. The lowest BCUT2D eigenvalue weighted by Gasteiger charge is -2.25. The van der Waals surface area contributed by atoms with Crippen LogP contribution in [0.2, 0.25) is 5.15 Å². The maximum atomic E-state index is 10.2. The average Bonchev–Trinajstić information content (AvgIpc) is 2.69. The van der Waals surface area contributed by atoms with Gasteiger partial charge in [-0.05, 0) is 25.0 Å². The third-order valence-corrected chi connectivity index (χ3v) is 4.32. The zero-order valence-corrected chi connectivity index (χ0v) is 17.7. The predicted molar refractivity (Wildman–Crippen MR) is 116 cm³/mol. The fourth-order valence-electron chi connectivity index (χ4n) is 2.75. The van der Waals surface area contributed by atoms with Crippen molar-refractivity contribution in [3.63, 3.8) is 0 Å². The molecule has 1 aromatic heterocycles. The second kappa shape index (κ2) is 10.2. The highest BCUT2D eigenvalue weighted by Gasteiger charge is 2.23. The summed E-state index contributed by atoms with van der Waals surface area (Å²) in [7, 11) is 0. The van der Waals surface area contributed by atoms with E-state index in [0.29, 0.717) is 24.6 Å². The number of aliphatic hydroxyl groups is 1. The van der Waals surface area contributed by atoms with E-state index in [1.165, 1.54) is 11.1 Å². The normalized spacial score (nSPS) is 10.8. The summed E-state index contributed by atoms with van der Waals surface area (Å²) in [5, 5.41) is 10.4. The van der Waals surface area contributed by atoms with Gasteiger partial charge in [0.15, 0.2) is 5.15 Å². The van der Waals surface area contributed by atoms with E-state index in [9.17, 15) is 5.11 Å². The van der Waals surface area contributed by atoms with Crippen LogP contribution in [0.5, 0.6) is 0 Å². The molecule has 0 atom stereocenters. The predicted octanol–water partition coefficient (Wildman–Crippen LogP) is 5.59. The molecule has 28 heavy (non-hydrogen) atoms. The number of anilines is 1. The van der Waals surface area contributed by atoms with Gasteiger partial charge in [0, 0.05) is 13.1 Å². The number of halogens is 1. The van der Waals surface area contributed by atoms with Crippen LogP contribution >= 0.6 is 11.6 Å². The first-order chi connectivity index (χ1) is 13.4. The molecule has 0 radical (unpaired) electrons. The molecule has 5 heteroatoms. The Bertz CT molecular complexity index is 807. The van der Waals surface area contributed by atoms with Crippen molar-refractivity contribution < 1.29 is 5.11 Å². The number of rotatable bonds is 6. The fraction of sp³-hybridized carbons (Fsp3) is 0.304. The molecule has 0 saturated heterocycles. The molecule has 0 unspecified atom stereocenters. The van der Waals surface area contributed by atoms with Crippen LogP contribution in [-0.2, 0) is 18.7 Å². The van der Waals surface area contributed by atoms with Gasteiger partial charge in [-0.15, -0.1) is 0 Å². The van der Waals surface area contributed by atoms with E-state index in [0.717, 1.165) is 0 Å². The van der Waals surface area contributed by atoms with Crippen LogP contribution in [0, 0.1) is 0 Å². The standard InChI is InChI=1S/C21H22ClN3O.C2H6/c1-21(2,26)19-20(22)24-18(13-23-19)25(14-16-9-5-3-6-10-16)15-17-11-7-4-8-12-17;1-2/h3-13,26H,14-15H2,1-2H3;1-2H3. The molecule has 0 amide bonds. The van der Waals surface area contributed by atoms with E-state index in [4.69, 9.17) is 11.6 Å². The van der Waals surface area contributed by atoms with Gasteiger partial charge in [-0.25, -0.2) is 4.98 Å². The lowest BCUT2D eigenvalue weighted by Crippen LogP contribution is -2.25. The third kappa shape index (κ3) is 6.04. The van der Waals surface area contributed by atoms with Crippen LogP contribution in [0.25, 0.3) is 0 Å². The highest BCUT2D eigenvalue weighted by Crippen LogP contribution is 2.27. The van der Waals surface area contributed by atoms with Crippen LogP contribution in [0.1, 0.15) is 44.5 Å². The first-order valence-electron chi connectivity index (χ1n) is 9.51. The Labute approximate surface area is 172 Å². The molecule has 0 saturated carbocycles. The second-order valence-electron chi connectivity index (χ2n) is 6.75. The van der Waals surface area contributed by atoms with Crippen molar-refractivity contribution in [2.75, 3.05) is 4.90 Å². The highest BCUT2D eigenvalue weighted by atomic mass is 35.5. The van der Waals surface area contributed by atoms with Gasteiger partial charge in [-0.2, -0.15) is 0 Å². The Morgan fingerprint density at radius 1 is 0.893 bits per heavy atom. The zero-order valence-electron chi connectivity index (χ0n) is 16.9. The largest absolute Gasteiger partial charge is 0.384 e. The molecule has 3 rings (SSSR count). The fourth-order valence-corrected chi connectivity index (χ4v) is 3.11. The molecule has 2 aromatic carbocycles. The smallest absolute Gasteiger partial charge is 0.155 e. The molecular weight excluding hydrogens is 370 g/mol. The molecule has 148 valence electrons.